The van der Waals surface area contributed by atoms with E-state index in [1.165, 1.54) is 0 Å². The van der Waals surface area contributed by atoms with E-state index in [2.05, 4.69) is 5.32 Å². The van der Waals surface area contributed by atoms with Crippen molar-refractivity contribution in [2.24, 2.45) is 0 Å². The van der Waals surface area contributed by atoms with Gasteiger partial charge in [-0.2, -0.15) is 0 Å². The molecule has 0 saturated carbocycles. The first kappa shape index (κ1) is 19.3. The molecule has 4 nitrogen and oxygen atoms in total. The second-order valence-corrected chi connectivity index (χ2v) is 5.23. The highest BCUT2D eigenvalue weighted by molar-refractivity contribution is 6.30. The van der Waals surface area contributed by atoms with Crippen LogP contribution in [0.1, 0.15) is 28.4 Å². The van der Waals surface area contributed by atoms with Crippen LogP contribution in [0.5, 0.6) is 5.75 Å². The van der Waals surface area contributed by atoms with E-state index >= 15 is 0 Å². The van der Waals surface area contributed by atoms with Gasteiger partial charge in [-0.1, -0.05) is 23.7 Å². The van der Waals surface area contributed by atoms with Crippen molar-refractivity contribution in [2.45, 2.75) is 20.0 Å². The molecule has 0 unspecified atom stereocenters. The molecule has 0 amide bonds. The van der Waals surface area contributed by atoms with E-state index in [-0.39, 0.29) is 18.0 Å². The van der Waals surface area contributed by atoms with Gasteiger partial charge in [0.05, 0.1) is 12.2 Å². The van der Waals surface area contributed by atoms with Crippen molar-refractivity contribution in [2.75, 3.05) is 6.61 Å². The molecule has 23 heavy (non-hydrogen) atoms. The van der Waals surface area contributed by atoms with Crippen LogP contribution >= 0.6 is 24.0 Å². The summed E-state index contributed by atoms with van der Waals surface area (Å²) in [4.78, 5) is 10.8. The zero-order valence-corrected chi connectivity index (χ0v) is 14.3. The molecule has 2 rings (SSSR count). The molecule has 0 aliphatic rings. The summed E-state index contributed by atoms with van der Waals surface area (Å²) in [6.07, 6.45) is 0. The predicted molar refractivity (Wildman–Crippen MR) is 93.8 cm³/mol. The molecule has 0 aromatic heterocycles. The molecule has 6 heteroatoms. The zero-order chi connectivity index (χ0) is 15.9. The second-order valence-electron chi connectivity index (χ2n) is 4.79. The minimum atomic E-state index is -0.917. The molecule has 0 atom stereocenters. The van der Waals surface area contributed by atoms with Crippen LogP contribution < -0.4 is 10.1 Å². The third kappa shape index (κ3) is 5.75. The average Bonchev–Trinajstić information content (AvgIpc) is 2.50. The Labute approximate surface area is 146 Å². The van der Waals surface area contributed by atoms with Gasteiger partial charge in [0.15, 0.2) is 0 Å². The normalized spacial score (nSPS) is 10.0. The topological polar surface area (TPSA) is 58.6 Å². The van der Waals surface area contributed by atoms with Crippen LogP contribution in [-0.4, -0.2) is 17.7 Å². The summed E-state index contributed by atoms with van der Waals surface area (Å²) >= 11 is 6.02. The molecule has 124 valence electrons. The molecule has 2 aromatic rings. The molecule has 0 heterocycles. The number of carboxylic acid groups (broad SMARTS) is 1. The Hall–Kier alpha value is -1.75. The quantitative estimate of drug-likeness (QED) is 0.783. The third-order valence-corrected chi connectivity index (χ3v) is 3.40. The number of hydrogen-bond donors (Lipinski definition) is 2. The lowest BCUT2D eigenvalue weighted by molar-refractivity contribution is 0.0697. The average molecular weight is 356 g/mol. The lowest BCUT2D eigenvalue weighted by Gasteiger charge is -2.11. The van der Waals surface area contributed by atoms with Crippen molar-refractivity contribution in [1.29, 1.82) is 0 Å². The summed E-state index contributed by atoms with van der Waals surface area (Å²) in [6.45, 7) is 3.80. The van der Waals surface area contributed by atoms with Gasteiger partial charge in [0.25, 0.3) is 0 Å². The molecule has 2 aromatic carbocycles. The summed E-state index contributed by atoms with van der Waals surface area (Å²) in [5, 5.41) is 12.8. The van der Waals surface area contributed by atoms with Gasteiger partial charge in [-0.3, -0.25) is 0 Å². The van der Waals surface area contributed by atoms with E-state index in [0.717, 1.165) is 16.9 Å². The standard InChI is InChI=1S/C17H18ClNO3.ClH/c1-2-22-16-8-7-15(18)9-14(16)11-19-10-12-3-5-13(6-4-12)17(20)21;/h3-9,19H,2,10-11H2,1H3,(H,20,21);1H. The fourth-order valence-corrected chi connectivity index (χ4v) is 2.28. The highest BCUT2D eigenvalue weighted by atomic mass is 35.5. The van der Waals surface area contributed by atoms with Crippen molar-refractivity contribution in [1.82, 2.24) is 5.32 Å². The number of nitrogens with one attached hydrogen (secondary N) is 1. The van der Waals surface area contributed by atoms with Gasteiger partial charge in [0.1, 0.15) is 5.75 Å². The van der Waals surface area contributed by atoms with Crippen LogP contribution in [0.4, 0.5) is 0 Å². The van der Waals surface area contributed by atoms with Crippen LogP contribution in [0.3, 0.4) is 0 Å². The number of ether oxygens (including phenoxy) is 1. The summed E-state index contributed by atoms with van der Waals surface area (Å²) in [7, 11) is 0. The summed E-state index contributed by atoms with van der Waals surface area (Å²) < 4.78 is 5.57. The largest absolute Gasteiger partial charge is 0.494 e. The van der Waals surface area contributed by atoms with Crippen LogP contribution in [0.25, 0.3) is 0 Å². The molecule has 0 aliphatic heterocycles. The summed E-state index contributed by atoms with van der Waals surface area (Å²) in [5.41, 5.74) is 2.30. The van der Waals surface area contributed by atoms with E-state index in [1.807, 2.05) is 19.1 Å². The van der Waals surface area contributed by atoms with Gasteiger partial charge >= 0.3 is 5.97 Å². The van der Waals surface area contributed by atoms with Crippen LogP contribution in [0, 0.1) is 0 Å². The Kier molecular flexibility index (Phi) is 7.89. The minimum Gasteiger partial charge on any atom is -0.494 e. The van der Waals surface area contributed by atoms with Crippen molar-refractivity contribution in [3.63, 3.8) is 0 Å². The van der Waals surface area contributed by atoms with Crippen LogP contribution in [0.2, 0.25) is 5.02 Å². The molecule has 0 saturated heterocycles. The second kappa shape index (κ2) is 9.40. The van der Waals surface area contributed by atoms with Gasteiger partial charge in [0.2, 0.25) is 0 Å². The minimum absolute atomic E-state index is 0. The first-order chi connectivity index (χ1) is 10.6. The maximum absolute atomic E-state index is 10.8. The van der Waals surface area contributed by atoms with Gasteiger partial charge in [0, 0.05) is 23.7 Å². The molecule has 0 fully saturated rings. The van der Waals surface area contributed by atoms with Gasteiger partial charge in [-0.05, 0) is 42.8 Å². The number of aromatic carboxylic acids is 1. The van der Waals surface area contributed by atoms with E-state index in [1.54, 1.807) is 30.3 Å². The first-order valence-electron chi connectivity index (χ1n) is 7.04. The fourth-order valence-electron chi connectivity index (χ4n) is 2.09. The van der Waals surface area contributed by atoms with Crippen LogP contribution in [-0.2, 0) is 13.1 Å². The van der Waals surface area contributed by atoms with Gasteiger partial charge < -0.3 is 15.2 Å². The van der Waals surface area contributed by atoms with Crippen molar-refractivity contribution in [3.8, 4) is 5.75 Å². The molecule has 2 N–H and O–H groups in total. The Balaban J connectivity index is 0.00000264. The third-order valence-electron chi connectivity index (χ3n) is 3.17. The number of rotatable bonds is 7. The monoisotopic (exact) mass is 355 g/mol. The molecular weight excluding hydrogens is 337 g/mol. The predicted octanol–water partition coefficient (Wildman–Crippen LogP) is 4.15. The first-order valence-corrected chi connectivity index (χ1v) is 7.42. The molecule has 0 bridgehead atoms. The van der Waals surface area contributed by atoms with Gasteiger partial charge in [-0.25, -0.2) is 4.79 Å². The Morgan fingerprint density at radius 3 is 2.48 bits per heavy atom. The van der Waals surface area contributed by atoms with Gasteiger partial charge in [-0.15, -0.1) is 12.4 Å². The molecule has 0 aliphatic carbocycles. The maximum Gasteiger partial charge on any atom is 0.335 e. The number of benzene rings is 2. The number of halogens is 2. The van der Waals surface area contributed by atoms with E-state index in [9.17, 15) is 4.79 Å². The number of carboxylic acids is 1. The summed E-state index contributed by atoms with van der Waals surface area (Å²) in [6, 6.07) is 12.4. The SMILES string of the molecule is CCOc1ccc(Cl)cc1CNCc1ccc(C(=O)O)cc1.Cl. The highest BCUT2D eigenvalue weighted by Gasteiger charge is 2.05. The van der Waals surface area contributed by atoms with E-state index in [4.69, 9.17) is 21.4 Å². The van der Waals surface area contributed by atoms with Crippen molar-refractivity contribution in [3.05, 3.63) is 64.2 Å². The molecule has 0 spiro atoms. The highest BCUT2D eigenvalue weighted by Crippen LogP contribution is 2.23. The Morgan fingerprint density at radius 1 is 1.17 bits per heavy atom. The van der Waals surface area contributed by atoms with Crippen molar-refractivity contribution < 1.29 is 14.6 Å². The fraction of sp³-hybridized carbons (Fsp3) is 0.235. The molecular formula is C17H19Cl2NO3. The van der Waals surface area contributed by atoms with E-state index < -0.39 is 5.97 Å². The molecule has 0 radical (unpaired) electrons. The lowest BCUT2D eigenvalue weighted by Crippen LogP contribution is -2.14. The Morgan fingerprint density at radius 2 is 1.87 bits per heavy atom. The van der Waals surface area contributed by atoms with Crippen molar-refractivity contribution >= 4 is 30.0 Å². The Bertz CT molecular complexity index is 645. The number of carbonyl (C=O) groups is 1. The van der Waals surface area contributed by atoms with Crippen LogP contribution in [0.15, 0.2) is 42.5 Å². The summed E-state index contributed by atoms with van der Waals surface area (Å²) in [5.74, 6) is -0.0968. The maximum atomic E-state index is 10.8. The lowest BCUT2D eigenvalue weighted by atomic mass is 10.1. The van der Waals surface area contributed by atoms with E-state index in [0.29, 0.717) is 24.7 Å². The zero-order valence-electron chi connectivity index (χ0n) is 12.7. The number of hydrogen-bond acceptors (Lipinski definition) is 3. The smallest absolute Gasteiger partial charge is 0.335 e.